The Labute approximate surface area is 154 Å². The number of aliphatic hydroxyl groups is 1. The minimum Gasteiger partial charge on any atom is -0.508 e. The topological polar surface area (TPSA) is 124 Å². The maximum absolute atomic E-state index is 11.8. The first-order valence-electron chi connectivity index (χ1n) is 7.26. The van der Waals surface area contributed by atoms with Gasteiger partial charge in [-0.3, -0.25) is 0 Å². The average Bonchev–Trinajstić information content (AvgIpc) is 2.66. The van der Waals surface area contributed by atoms with Gasteiger partial charge >= 0.3 is 17.9 Å². The van der Waals surface area contributed by atoms with Crippen LogP contribution in [0.1, 0.15) is 27.6 Å². The summed E-state index contributed by atoms with van der Waals surface area (Å²) in [5.41, 5.74) is -0.414. The lowest BCUT2D eigenvalue weighted by atomic mass is 10.1. The van der Waals surface area contributed by atoms with Crippen LogP contribution in [0, 0.1) is 0 Å². The van der Waals surface area contributed by atoms with Crippen LogP contribution in [0.25, 0.3) is 0 Å². The van der Waals surface area contributed by atoms with Crippen LogP contribution < -0.4 is 0 Å². The molecule has 1 aromatic rings. The lowest BCUT2D eigenvalue weighted by Crippen LogP contribution is -2.09. The van der Waals surface area contributed by atoms with Crippen LogP contribution in [0.3, 0.4) is 0 Å². The third kappa shape index (κ3) is 5.55. The molecule has 0 bridgehead atoms. The van der Waals surface area contributed by atoms with Gasteiger partial charge in [0.05, 0.1) is 43.5 Å². The van der Waals surface area contributed by atoms with Crippen molar-refractivity contribution in [3.8, 4) is 0 Å². The zero-order valence-electron chi connectivity index (χ0n) is 14.3. The minimum absolute atomic E-state index is 0.0209. The average molecular weight is 385 g/mol. The van der Waals surface area contributed by atoms with Gasteiger partial charge in [0.2, 0.25) is 5.70 Å². The van der Waals surface area contributed by atoms with Gasteiger partial charge in [0.25, 0.3) is 0 Å². The second-order valence-electron chi connectivity index (χ2n) is 4.60. The first kappa shape index (κ1) is 21.1. The van der Waals surface area contributed by atoms with Gasteiger partial charge in [0.15, 0.2) is 0 Å². The molecule has 0 aliphatic rings. The van der Waals surface area contributed by atoms with E-state index in [9.17, 15) is 19.5 Å². The summed E-state index contributed by atoms with van der Waals surface area (Å²) in [4.78, 5) is 35.3. The number of carbonyl (C=O) groups excluding carboxylic acids is 3. The van der Waals surface area contributed by atoms with Gasteiger partial charge in [-0.25, -0.2) is 14.4 Å². The van der Waals surface area contributed by atoms with Gasteiger partial charge in [-0.1, -0.05) is 0 Å². The quantitative estimate of drug-likeness (QED) is 0.191. The van der Waals surface area contributed by atoms with E-state index in [0.717, 1.165) is 0 Å². The molecule has 9 nitrogen and oxygen atoms in total. The SMILES string of the molecule is CCOC(=O)C(N=Nc1cc(C(=O)OC)cc(C(=O)OC)c1)=C(O)CCl. The van der Waals surface area contributed by atoms with Crippen molar-refractivity contribution in [1.29, 1.82) is 0 Å². The molecule has 0 aliphatic heterocycles. The van der Waals surface area contributed by atoms with Gasteiger partial charge in [-0.15, -0.1) is 16.7 Å². The third-order valence-corrected chi connectivity index (χ3v) is 3.15. The molecule has 0 amide bonds. The standard InChI is InChI=1S/C16H17ClN2O7/c1-4-26-16(23)13(12(20)8-17)19-18-11-6-9(14(21)24-2)5-10(7-11)15(22)25-3/h5-7,20H,4,8H2,1-3H3. The van der Waals surface area contributed by atoms with E-state index in [0.29, 0.717) is 0 Å². The van der Waals surface area contributed by atoms with Crippen LogP contribution in [-0.2, 0) is 19.0 Å². The molecule has 0 aromatic heterocycles. The number of azo groups is 1. The number of nitrogens with zero attached hydrogens (tertiary/aromatic N) is 2. The van der Waals surface area contributed by atoms with Gasteiger partial charge in [-0.2, -0.15) is 5.11 Å². The fourth-order valence-corrected chi connectivity index (χ4v) is 1.85. The van der Waals surface area contributed by atoms with E-state index in [2.05, 4.69) is 19.7 Å². The van der Waals surface area contributed by atoms with E-state index in [1.54, 1.807) is 6.92 Å². The number of methoxy groups -OCH3 is 2. The summed E-state index contributed by atoms with van der Waals surface area (Å²) in [6.45, 7) is 1.63. The molecule has 26 heavy (non-hydrogen) atoms. The summed E-state index contributed by atoms with van der Waals surface area (Å²) >= 11 is 5.50. The molecule has 0 aliphatic carbocycles. The molecule has 140 valence electrons. The van der Waals surface area contributed by atoms with Crippen LogP contribution >= 0.6 is 11.6 Å². The number of ether oxygens (including phenoxy) is 3. The van der Waals surface area contributed by atoms with E-state index in [1.165, 1.54) is 32.4 Å². The number of benzene rings is 1. The van der Waals surface area contributed by atoms with Crippen LogP contribution in [0.15, 0.2) is 39.9 Å². The zero-order chi connectivity index (χ0) is 19.7. The normalized spacial score (nSPS) is 11.7. The van der Waals surface area contributed by atoms with E-state index >= 15 is 0 Å². The number of esters is 3. The largest absolute Gasteiger partial charge is 0.508 e. The Balaban J connectivity index is 3.35. The fraction of sp³-hybridized carbons (Fsp3) is 0.312. The molecule has 0 heterocycles. The smallest absolute Gasteiger partial charge is 0.362 e. The van der Waals surface area contributed by atoms with Crippen molar-refractivity contribution in [3.63, 3.8) is 0 Å². The number of allylic oxidation sites excluding steroid dienone is 1. The second kappa shape index (κ2) is 10.1. The van der Waals surface area contributed by atoms with Crippen LogP contribution in [-0.4, -0.2) is 49.7 Å². The van der Waals surface area contributed by atoms with Crippen molar-refractivity contribution >= 4 is 35.2 Å². The van der Waals surface area contributed by atoms with Crippen molar-refractivity contribution in [2.45, 2.75) is 6.92 Å². The van der Waals surface area contributed by atoms with Crippen molar-refractivity contribution < 1.29 is 33.7 Å². The molecule has 0 unspecified atom stereocenters. The maximum atomic E-state index is 11.8. The molecule has 0 spiro atoms. The summed E-state index contributed by atoms with van der Waals surface area (Å²) in [5.74, 6) is -3.27. The van der Waals surface area contributed by atoms with Crippen molar-refractivity contribution in [2.24, 2.45) is 10.2 Å². The molecular weight excluding hydrogens is 368 g/mol. The molecule has 0 atom stereocenters. The first-order chi connectivity index (χ1) is 12.4. The Morgan fingerprint density at radius 2 is 1.62 bits per heavy atom. The van der Waals surface area contributed by atoms with Gasteiger partial charge in [0.1, 0.15) is 5.76 Å². The monoisotopic (exact) mass is 384 g/mol. The molecule has 0 radical (unpaired) electrons. The molecule has 1 N–H and O–H groups in total. The summed E-state index contributed by atoms with van der Waals surface area (Å²) in [6.07, 6.45) is 0. The highest BCUT2D eigenvalue weighted by molar-refractivity contribution is 6.19. The lowest BCUT2D eigenvalue weighted by Gasteiger charge is -2.05. The molecule has 0 saturated heterocycles. The van der Waals surface area contributed by atoms with Crippen LogP contribution in [0.5, 0.6) is 0 Å². The highest BCUT2D eigenvalue weighted by atomic mass is 35.5. The number of rotatable bonds is 7. The summed E-state index contributed by atoms with van der Waals surface area (Å²) in [6, 6.07) is 3.82. The van der Waals surface area contributed by atoms with Crippen molar-refractivity contribution in [2.75, 3.05) is 26.7 Å². The molecule has 0 saturated carbocycles. The van der Waals surface area contributed by atoms with Crippen LogP contribution in [0.4, 0.5) is 5.69 Å². The van der Waals surface area contributed by atoms with E-state index < -0.39 is 29.4 Å². The molecular formula is C16H17ClN2O7. The Morgan fingerprint density at radius 3 is 2.04 bits per heavy atom. The number of carbonyl (C=O) groups is 3. The maximum Gasteiger partial charge on any atom is 0.362 e. The van der Waals surface area contributed by atoms with E-state index in [1.807, 2.05) is 0 Å². The number of halogens is 1. The summed E-state index contributed by atoms with van der Waals surface area (Å²) < 4.78 is 14.0. The first-order valence-corrected chi connectivity index (χ1v) is 7.80. The third-order valence-electron chi connectivity index (χ3n) is 2.89. The highest BCUT2D eigenvalue weighted by Gasteiger charge is 2.17. The van der Waals surface area contributed by atoms with Gasteiger partial charge < -0.3 is 19.3 Å². The Morgan fingerprint density at radius 1 is 1.08 bits per heavy atom. The predicted octanol–water partition coefficient (Wildman–Crippen LogP) is 2.92. The number of hydrogen-bond acceptors (Lipinski definition) is 9. The molecule has 1 aromatic carbocycles. The highest BCUT2D eigenvalue weighted by Crippen LogP contribution is 2.21. The Hall–Kier alpha value is -2.94. The van der Waals surface area contributed by atoms with Gasteiger partial charge in [-0.05, 0) is 25.1 Å². The summed E-state index contributed by atoms with van der Waals surface area (Å²) in [5, 5.41) is 17.1. The minimum atomic E-state index is -0.924. The Bertz CT molecular complexity index is 725. The van der Waals surface area contributed by atoms with Crippen LogP contribution in [0.2, 0.25) is 0 Å². The predicted molar refractivity (Wildman–Crippen MR) is 90.6 cm³/mol. The molecule has 1 rings (SSSR count). The summed E-state index contributed by atoms with van der Waals surface area (Å²) in [7, 11) is 2.35. The Kier molecular flexibility index (Phi) is 8.23. The van der Waals surface area contributed by atoms with Gasteiger partial charge in [0, 0.05) is 0 Å². The second-order valence-corrected chi connectivity index (χ2v) is 4.87. The van der Waals surface area contributed by atoms with E-state index in [-0.39, 0.29) is 29.3 Å². The van der Waals surface area contributed by atoms with Crippen molar-refractivity contribution in [3.05, 3.63) is 40.8 Å². The lowest BCUT2D eigenvalue weighted by molar-refractivity contribution is -0.138. The number of aliphatic hydroxyl groups excluding tert-OH is 1. The fourth-order valence-electron chi connectivity index (χ4n) is 1.73. The zero-order valence-corrected chi connectivity index (χ0v) is 15.1. The molecule has 10 heteroatoms. The molecule has 0 fully saturated rings. The van der Waals surface area contributed by atoms with E-state index in [4.69, 9.17) is 16.3 Å². The number of alkyl halides is 1. The van der Waals surface area contributed by atoms with Crippen molar-refractivity contribution in [1.82, 2.24) is 0 Å². The number of hydrogen-bond donors (Lipinski definition) is 1.